The van der Waals surface area contributed by atoms with Gasteiger partial charge in [0.1, 0.15) is 24.2 Å². The molecule has 1 aliphatic heterocycles. The maximum absolute atomic E-state index is 11.2. The number of urea groups is 1. The molecule has 2 aromatic carbocycles. The van der Waals surface area contributed by atoms with Crippen molar-refractivity contribution in [1.82, 2.24) is 5.32 Å². The molecule has 5 heteroatoms. The number of benzene rings is 2. The Labute approximate surface area is 122 Å². The molecular weight excluding hydrogens is 266 g/mol. The molecule has 5 nitrogen and oxygen atoms in total. The van der Waals surface area contributed by atoms with Crippen LogP contribution in [-0.4, -0.2) is 11.9 Å². The largest absolute Gasteiger partial charge is 0.489 e. The number of nitrogens with two attached hydrogens (primary N) is 1. The molecule has 3 N–H and O–H groups in total. The van der Waals surface area contributed by atoms with Crippen LogP contribution in [0.4, 0.5) is 4.79 Å². The van der Waals surface area contributed by atoms with Crippen LogP contribution in [0.1, 0.15) is 17.2 Å². The fourth-order valence-electron chi connectivity index (χ4n) is 2.16. The van der Waals surface area contributed by atoms with Crippen LogP contribution in [0.15, 0.2) is 59.6 Å². The number of hydrogen-bond donors (Lipinski definition) is 2. The van der Waals surface area contributed by atoms with Crippen LogP contribution in [-0.2, 0) is 6.61 Å². The van der Waals surface area contributed by atoms with Gasteiger partial charge in [-0.15, -0.1) is 0 Å². The Morgan fingerprint density at radius 3 is 2.43 bits per heavy atom. The van der Waals surface area contributed by atoms with Gasteiger partial charge in [-0.05, 0) is 23.3 Å². The van der Waals surface area contributed by atoms with E-state index in [1.54, 1.807) is 0 Å². The van der Waals surface area contributed by atoms with Gasteiger partial charge in [0.25, 0.3) is 0 Å². The lowest BCUT2D eigenvalue weighted by Crippen LogP contribution is -2.27. The predicted molar refractivity (Wildman–Crippen MR) is 80.1 cm³/mol. The second-order valence-corrected chi connectivity index (χ2v) is 4.76. The number of aliphatic imine (C=N–C) groups is 1. The molecule has 0 fully saturated rings. The summed E-state index contributed by atoms with van der Waals surface area (Å²) in [5.74, 6) is 1.06. The van der Waals surface area contributed by atoms with Crippen LogP contribution < -0.4 is 15.8 Å². The zero-order valence-corrected chi connectivity index (χ0v) is 11.3. The lowest BCUT2D eigenvalue weighted by Gasteiger charge is -2.12. The van der Waals surface area contributed by atoms with Gasteiger partial charge < -0.3 is 15.8 Å². The highest BCUT2D eigenvalue weighted by Gasteiger charge is 2.24. The monoisotopic (exact) mass is 281 g/mol. The van der Waals surface area contributed by atoms with E-state index >= 15 is 0 Å². The maximum atomic E-state index is 11.2. The van der Waals surface area contributed by atoms with Crippen LogP contribution in [0.3, 0.4) is 0 Å². The topological polar surface area (TPSA) is 76.7 Å². The van der Waals surface area contributed by atoms with E-state index in [-0.39, 0.29) is 11.9 Å². The molecule has 1 unspecified atom stereocenters. The average molecular weight is 281 g/mol. The van der Waals surface area contributed by atoms with E-state index < -0.39 is 6.03 Å². The van der Waals surface area contributed by atoms with Gasteiger partial charge in [-0.25, -0.2) is 4.79 Å². The SMILES string of the molecule is NC1=NC(=O)NC1c1ccc(OCc2ccccc2)cc1. The molecule has 2 aromatic rings. The van der Waals surface area contributed by atoms with Gasteiger partial charge in [0, 0.05) is 0 Å². The molecule has 0 aromatic heterocycles. The Kier molecular flexibility index (Phi) is 3.55. The van der Waals surface area contributed by atoms with Gasteiger partial charge in [0.2, 0.25) is 0 Å². The first-order valence-corrected chi connectivity index (χ1v) is 6.63. The van der Waals surface area contributed by atoms with Crippen molar-refractivity contribution in [3.63, 3.8) is 0 Å². The summed E-state index contributed by atoms with van der Waals surface area (Å²) in [5.41, 5.74) is 7.71. The maximum Gasteiger partial charge on any atom is 0.343 e. The molecule has 0 aliphatic carbocycles. The lowest BCUT2D eigenvalue weighted by molar-refractivity contribution is 0.250. The molecule has 1 heterocycles. The molecule has 0 radical (unpaired) electrons. The van der Waals surface area contributed by atoms with E-state index in [0.29, 0.717) is 6.61 Å². The Bertz CT molecular complexity index is 666. The van der Waals surface area contributed by atoms with Gasteiger partial charge in [-0.3, -0.25) is 0 Å². The Balaban J connectivity index is 1.65. The van der Waals surface area contributed by atoms with Gasteiger partial charge in [-0.1, -0.05) is 42.5 Å². The number of carbonyl (C=O) groups excluding carboxylic acids is 1. The van der Waals surface area contributed by atoms with Crippen LogP contribution >= 0.6 is 0 Å². The first-order valence-electron chi connectivity index (χ1n) is 6.63. The summed E-state index contributed by atoms with van der Waals surface area (Å²) in [4.78, 5) is 14.8. The third kappa shape index (κ3) is 3.02. The number of nitrogens with one attached hydrogen (secondary N) is 1. The van der Waals surface area contributed by atoms with Crippen molar-refractivity contribution in [2.75, 3.05) is 0 Å². The normalized spacial score (nSPS) is 17.2. The fraction of sp³-hybridized carbons (Fsp3) is 0.125. The van der Waals surface area contributed by atoms with Crippen LogP contribution in [0, 0.1) is 0 Å². The number of amidine groups is 1. The molecule has 1 atom stereocenters. The van der Waals surface area contributed by atoms with Crippen molar-refractivity contribution >= 4 is 11.9 Å². The van der Waals surface area contributed by atoms with Crippen LogP contribution in [0.5, 0.6) is 5.75 Å². The summed E-state index contributed by atoms with van der Waals surface area (Å²) in [7, 11) is 0. The van der Waals surface area contributed by atoms with Crippen molar-refractivity contribution in [2.45, 2.75) is 12.6 Å². The third-order valence-electron chi connectivity index (χ3n) is 3.26. The van der Waals surface area contributed by atoms with Gasteiger partial charge in [0.15, 0.2) is 0 Å². The molecular formula is C16H15N3O2. The molecule has 0 spiro atoms. The van der Waals surface area contributed by atoms with Crippen molar-refractivity contribution in [1.29, 1.82) is 0 Å². The van der Waals surface area contributed by atoms with E-state index in [1.165, 1.54) is 0 Å². The molecule has 0 saturated carbocycles. The average Bonchev–Trinajstić information content (AvgIpc) is 2.85. The molecule has 0 bridgehead atoms. The molecule has 106 valence electrons. The highest BCUT2D eigenvalue weighted by atomic mass is 16.5. The second-order valence-electron chi connectivity index (χ2n) is 4.76. The van der Waals surface area contributed by atoms with Crippen molar-refractivity contribution in [3.8, 4) is 5.75 Å². The summed E-state index contributed by atoms with van der Waals surface area (Å²) < 4.78 is 5.71. The third-order valence-corrected chi connectivity index (χ3v) is 3.26. The van der Waals surface area contributed by atoms with Gasteiger partial charge >= 0.3 is 6.03 Å². The van der Waals surface area contributed by atoms with Gasteiger partial charge in [0.05, 0.1) is 0 Å². The molecule has 1 aliphatic rings. The minimum Gasteiger partial charge on any atom is -0.489 e. The summed E-state index contributed by atoms with van der Waals surface area (Å²) in [6.07, 6.45) is 0. The summed E-state index contributed by atoms with van der Waals surface area (Å²) in [6.45, 7) is 0.518. The number of nitrogens with zero attached hydrogens (tertiary/aromatic N) is 1. The van der Waals surface area contributed by atoms with Gasteiger partial charge in [-0.2, -0.15) is 4.99 Å². The minimum absolute atomic E-state index is 0.290. The number of hydrogen-bond acceptors (Lipinski definition) is 3. The van der Waals surface area contributed by atoms with Crippen LogP contribution in [0.2, 0.25) is 0 Å². The van der Waals surface area contributed by atoms with E-state index in [9.17, 15) is 4.79 Å². The zero-order valence-electron chi connectivity index (χ0n) is 11.3. The number of amides is 2. The lowest BCUT2D eigenvalue weighted by atomic mass is 10.1. The van der Waals surface area contributed by atoms with Crippen molar-refractivity contribution in [2.24, 2.45) is 10.7 Å². The first-order chi connectivity index (χ1) is 10.2. The molecule has 21 heavy (non-hydrogen) atoms. The Hall–Kier alpha value is -2.82. The van der Waals surface area contributed by atoms with E-state index in [0.717, 1.165) is 16.9 Å². The van der Waals surface area contributed by atoms with Crippen molar-refractivity contribution in [3.05, 3.63) is 65.7 Å². The number of carbonyl (C=O) groups is 1. The zero-order chi connectivity index (χ0) is 14.7. The Morgan fingerprint density at radius 1 is 1.10 bits per heavy atom. The van der Waals surface area contributed by atoms with E-state index in [4.69, 9.17) is 10.5 Å². The summed E-state index contributed by atoms with van der Waals surface area (Å²) >= 11 is 0. The van der Waals surface area contributed by atoms with E-state index in [1.807, 2.05) is 54.6 Å². The van der Waals surface area contributed by atoms with E-state index in [2.05, 4.69) is 10.3 Å². The Morgan fingerprint density at radius 2 is 1.81 bits per heavy atom. The van der Waals surface area contributed by atoms with Crippen LogP contribution in [0.25, 0.3) is 0 Å². The molecule has 2 amide bonds. The highest BCUT2D eigenvalue weighted by molar-refractivity contribution is 6.03. The first kappa shape index (κ1) is 13.2. The quantitative estimate of drug-likeness (QED) is 0.903. The second kappa shape index (κ2) is 5.66. The molecule has 0 saturated heterocycles. The summed E-state index contributed by atoms with van der Waals surface area (Å²) in [6, 6.07) is 16.7. The fourth-order valence-corrected chi connectivity index (χ4v) is 2.16. The number of rotatable bonds is 4. The van der Waals surface area contributed by atoms with Crippen molar-refractivity contribution < 1.29 is 9.53 Å². The smallest absolute Gasteiger partial charge is 0.343 e. The summed E-state index contributed by atoms with van der Waals surface area (Å²) in [5, 5.41) is 2.69. The predicted octanol–water partition coefficient (Wildman–Crippen LogP) is 2.39. The minimum atomic E-state index is -0.401. The molecule has 3 rings (SSSR count). The highest BCUT2D eigenvalue weighted by Crippen LogP contribution is 2.21. The standard InChI is InChI=1S/C16H15N3O2/c17-15-14(18-16(20)19-15)12-6-8-13(9-7-12)21-10-11-4-2-1-3-5-11/h1-9,14H,10H2,(H3,17,18,19,20). The number of ether oxygens (including phenoxy) is 1.